The monoisotopic (exact) mass is 379 g/mol. The van der Waals surface area contributed by atoms with Crippen LogP contribution in [0.5, 0.6) is 0 Å². The maximum absolute atomic E-state index is 12.1. The van der Waals surface area contributed by atoms with Crippen molar-refractivity contribution in [1.29, 1.82) is 0 Å². The molecule has 2 aliphatic rings. The summed E-state index contributed by atoms with van der Waals surface area (Å²) >= 11 is 0. The summed E-state index contributed by atoms with van der Waals surface area (Å²) in [4.78, 5) is 24.1. The normalized spacial score (nSPS) is 17.8. The van der Waals surface area contributed by atoms with Crippen LogP contribution in [0, 0.1) is 5.92 Å². The van der Waals surface area contributed by atoms with E-state index in [1.165, 1.54) is 24.3 Å². The van der Waals surface area contributed by atoms with Crippen LogP contribution >= 0.6 is 0 Å². The molecule has 0 heterocycles. The molecule has 3 N–H and O–H groups in total. The Bertz CT molecular complexity index is 751. The second kappa shape index (κ2) is 8.18. The molecule has 8 heteroatoms. The van der Waals surface area contributed by atoms with E-state index in [4.69, 9.17) is 0 Å². The number of hydrogen-bond donors (Lipinski definition) is 3. The molecule has 2 amide bonds. The van der Waals surface area contributed by atoms with Crippen LogP contribution in [0.1, 0.15) is 48.9 Å². The van der Waals surface area contributed by atoms with Gasteiger partial charge in [-0.3, -0.25) is 9.59 Å². The fourth-order valence-electron chi connectivity index (χ4n) is 3.07. The van der Waals surface area contributed by atoms with Crippen LogP contribution in [0.2, 0.25) is 0 Å². The summed E-state index contributed by atoms with van der Waals surface area (Å²) < 4.78 is 26.8. The average Bonchev–Trinajstić information content (AvgIpc) is 3.25. The Hall–Kier alpha value is -1.93. The highest BCUT2D eigenvalue weighted by molar-refractivity contribution is 7.89. The summed E-state index contributed by atoms with van der Waals surface area (Å²) in [7, 11) is -3.51. The molecule has 7 nitrogen and oxygen atoms in total. The van der Waals surface area contributed by atoms with Gasteiger partial charge in [-0.2, -0.15) is 0 Å². The summed E-state index contributed by atoms with van der Waals surface area (Å²) in [5.74, 6) is -0.113. The lowest BCUT2D eigenvalue weighted by Gasteiger charge is -2.11. The van der Waals surface area contributed by atoms with Crippen molar-refractivity contribution >= 4 is 21.8 Å². The van der Waals surface area contributed by atoms with Gasteiger partial charge in [-0.25, -0.2) is 13.1 Å². The number of rotatable bonds is 8. The fourth-order valence-corrected chi connectivity index (χ4v) is 4.38. The molecule has 142 valence electrons. The Labute approximate surface area is 154 Å². The van der Waals surface area contributed by atoms with Crippen molar-refractivity contribution in [1.82, 2.24) is 15.4 Å². The smallest absolute Gasteiger partial charge is 0.251 e. The van der Waals surface area contributed by atoms with Gasteiger partial charge in [0.25, 0.3) is 5.91 Å². The van der Waals surface area contributed by atoms with Crippen LogP contribution in [-0.2, 0) is 14.8 Å². The molecule has 0 saturated heterocycles. The largest absolute Gasteiger partial charge is 0.354 e. The second-order valence-corrected chi connectivity index (χ2v) is 8.66. The Morgan fingerprint density at radius 3 is 2.15 bits per heavy atom. The lowest BCUT2D eigenvalue weighted by atomic mass is 10.1. The lowest BCUT2D eigenvalue weighted by molar-refractivity contribution is -0.124. The Morgan fingerprint density at radius 2 is 1.54 bits per heavy atom. The number of benzene rings is 1. The number of carbonyl (C=O) groups excluding carboxylic acids is 2. The van der Waals surface area contributed by atoms with Crippen LogP contribution in [0.25, 0.3) is 0 Å². The molecule has 2 fully saturated rings. The third-order valence-corrected chi connectivity index (χ3v) is 6.30. The van der Waals surface area contributed by atoms with E-state index in [0.29, 0.717) is 18.7 Å². The molecule has 0 bridgehead atoms. The first kappa shape index (κ1) is 18.8. The van der Waals surface area contributed by atoms with Gasteiger partial charge in [0.05, 0.1) is 4.90 Å². The number of hydrogen-bond acceptors (Lipinski definition) is 4. The minimum Gasteiger partial charge on any atom is -0.354 e. The van der Waals surface area contributed by atoms with E-state index < -0.39 is 10.0 Å². The van der Waals surface area contributed by atoms with Gasteiger partial charge in [-0.05, 0) is 49.9 Å². The molecule has 0 aromatic heterocycles. The van der Waals surface area contributed by atoms with Crippen LogP contribution in [-0.4, -0.2) is 39.4 Å². The zero-order chi connectivity index (χ0) is 18.6. The Morgan fingerprint density at radius 1 is 0.923 bits per heavy atom. The zero-order valence-electron chi connectivity index (χ0n) is 14.7. The third kappa shape index (κ3) is 5.04. The van der Waals surface area contributed by atoms with Crippen LogP contribution in [0.4, 0.5) is 0 Å². The first-order valence-electron chi connectivity index (χ1n) is 9.14. The van der Waals surface area contributed by atoms with E-state index in [1.807, 2.05) is 0 Å². The van der Waals surface area contributed by atoms with Gasteiger partial charge in [-0.1, -0.05) is 12.8 Å². The van der Waals surface area contributed by atoms with Gasteiger partial charge in [-0.15, -0.1) is 0 Å². The van der Waals surface area contributed by atoms with Gasteiger partial charge >= 0.3 is 0 Å². The van der Waals surface area contributed by atoms with Gasteiger partial charge in [0, 0.05) is 30.6 Å². The van der Waals surface area contributed by atoms with Crippen LogP contribution < -0.4 is 15.4 Å². The highest BCUT2D eigenvalue weighted by Crippen LogP contribution is 2.24. The van der Waals surface area contributed by atoms with E-state index >= 15 is 0 Å². The molecule has 1 aromatic carbocycles. The minimum absolute atomic E-state index is 0.0439. The van der Waals surface area contributed by atoms with Gasteiger partial charge in [0.2, 0.25) is 15.9 Å². The standard InChI is InChI=1S/C18H25N3O4S/c22-17(13-3-1-2-4-13)19-11-12-20-18(23)14-5-9-16(10-6-14)26(24,25)21-15-7-8-15/h5-6,9-10,13,15,21H,1-4,7-8,11-12H2,(H,19,22)(H,20,23). The second-order valence-electron chi connectivity index (χ2n) is 6.95. The van der Waals surface area contributed by atoms with Crippen molar-refractivity contribution in [3.05, 3.63) is 29.8 Å². The van der Waals surface area contributed by atoms with Crippen molar-refractivity contribution in [2.24, 2.45) is 5.92 Å². The maximum Gasteiger partial charge on any atom is 0.251 e. The lowest BCUT2D eigenvalue weighted by Crippen LogP contribution is -2.37. The zero-order valence-corrected chi connectivity index (χ0v) is 15.5. The van der Waals surface area contributed by atoms with E-state index in [2.05, 4.69) is 15.4 Å². The first-order chi connectivity index (χ1) is 12.5. The molecular weight excluding hydrogens is 354 g/mol. The average molecular weight is 379 g/mol. The van der Waals surface area contributed by atoms with Crippen LogP contribution in [0.15, 0.2) is 29.2 Å². The number of nitrogens with one attached hydrogen (secondary N) is 3. The maximum atomic E-state index is 12.1. The third-order valence-electron chi connectivity index (χ3n) is 4.76. The van der Waals surface area contributed by atoms with Gasteiger partial charge < -0.3 is 10.6 Å². The summed E-state index contributed by atoms with van der Waals surface area (Å²) in [5, 5.41) is 5.57. The summed E-state index contributed by atoms with van der Waals surface area (Å²) in [5.41, 5.74) is 0.387. The Kier molecular flexibility index (Phi) is 5.93. The number of carbonyl (C=O) groups is 2. The van der Waals surface area contributed by atoms with E-state index in [9.17, 15) is 18.0 Å². The van der Waals surface area contributed by atoms with Crippen molar-refractivity contribution in [3.8, 4) is 0 Å². The summed E-state index contributed by atoms with van der Waals surface area (Å²) in [6.07, 6.45) is 5.85. The predicted octanol–water partition coefficient (Wildman–Crippen LogP) is 1.16. The predicted molar refractivity (Wildman–Crippen MR) is 97.1 cm³/mol. The van der Waals surface area contributed by atoms with Gasteiger partial charge in [0.1, 0.15) is 0 Å². The molecule has 26 heavy (non-hydrogen) atoms. The minimum atomic E-state index is -3.51. The first-order valence-corrected chi connectivity index (χ1v) is 10.6. The molecule has 2 aliphatic carbocycles. The summed E-state index contributed by atoms with van der Waals surface area (Å²) in [6, 6.07) is 5.90. The van der Waals surface area contributed by atoms with Crippen molar-refractivity contribution in [3.63, 3.8) is 0 Å². The molecule has 3 rings (SSSR count). The summed E-state index contributed by atoms with van der Waals surface area (Å²) in [6.45, 7) is 0.722. The molecule has 0 spiro atoms. The number of amides is 2. The van der Waals surface area contributed by atoms with Crippen LogP contribution in [0.3, 0.4) is 0 Å². The van der Waals surface area contributed by atoms with E-state index in [-0.39, 0.29) is 28.7 Å². The highest BCUT2D eigenvalue weighted by atomic mass is 32.2. The molecular formula is C18H25N3O4S. The fraction of sp³-hybridized carbons (Fsp3) is 0.556. The van der Waals surface area contributed by atoms with Gasteiger partial charge in [0.15, 0.2) is 0 Å². The van der Waals surface area contributed by atoms with Crippen molar-refractivity contribution in [2.75, 3.05) is 13.1 Å². The quantitative estimate of drug-likeness (QED) is 0.590. The number of sulfonamides is 1. The SMILES string of the molecule is O=C(NCCNC(=O)C1CCCC1)c1ccc(S(=O)(=O)NC2CC2)cc1. The Balaban J connectivity index is 1.43. The van der Waals surface area contributed by atoms with Crippen molar-refractivity contribution < 1.29 is 18.0 Å². The highest BCUT2D eigenvalue weighted by Gasteiger charge is 2.28. The molecule has 0 unspecified atom stereocenters. The molecule has 0 aliphatic heterocycles. The molecule has 0 atom stereocenters. The van der Waals surface area contributed by atoms with E-state index in [1.54, 1.807) is 0 Å². The van der Waals surface area contributed by atoms with E-state index in [0.717, 1.165) is 38.5 Å². The van der Waals surface area contributed by atoms with Crippen molar-refractivity contribution in [2.45, 2.75) is 49.5 Å². The topological polar surface area (TPSA) is 104 Å². The molecule has 0 radical (unpaired) electrons. The molecule has 2 saturated carbocycles. The molecule has 1 aromatic rings.